The Labute approximate surface area is 197 Å². The van der Waals surface area contributed by atoms with Gasteiger partial charge in [-0.1, -0.05) is 23.8 Å². The van der Waals surface area contributed by atoms with E-state index in [1.54, 1.807) is 24.3 Å². The summed E-state index contributed by atoms with van der Waals surface area (Å²) in [6.07, 6.45) is 0.419. The van der Waals surface area contributed by atoms with Crippen molar-refractivity contribution in [1.82, 2.24) is 0 Å². The average molecular weight is 495 g/mol. The number of fused-ring (bicyclic) bond motifs is 1. The van der Waals surface area contributed by atoms with Crippen molar-refractivity contribution >= 4 is 52.5 Å². The summed E-state index contributed by atoms with van der Waals surface area (Å²) in [5.41, 5.74) is -0.550. The third-order valence-corrected chi connectivity index (χ3v) is 6.88. The zero-order valence-electron chi connectivity index (χ0n) is 17.1. The second-order valence-electron chi connectivity index (χ2n) is 7.69. The summed E-state index contributed by atoms with van der Waals surface area (Å²) >= 11 is 7.06. The van der Waals surface area contributed by atoms with Gasteiger partial charge in [-0.15, -0.1) is 11.8 Å². The molecule has 1 heterocycles. The van der Waals surface area contributed by atoms with Crippen LogP contribution in [0.15, 0.2) is 59.5 Å². The first kappa shape index (κ1) is 23.4. The van der Waals surface area contributed by atoms with Gasteiger partial charge in [0.2, 0.25) is 17.7 Å². The fourth-order valence-corrected chi connectivity index (χ4v) is 4.74. The van der Waals surface area contributed by atoms with Crippen molar-refractivity contribution in [2.24, 2.45) is 11.8 Å². The van der Waals surface area contributed by atoms with E-state index in [0.29, 0.717) is 23.4 Å². The molecule has 33 heavy (non-hydrogen) atoms. The topological polar surface area (TPSA) is 66.5 Å². The Morgan fingerprint density at radius 1 is 1.03 bits per heavy atom. The minimum atomic E-state index is -4.55. The number of carbonyl (C=O) groups excluding carboxylic acids is 3. The minimum absolute atomic E-state index is 0.00131. The van der Waals surface area contributed by atoms with Crippen LogP contribution in [0.3, 0.4) is 0 Å². The van der Waals surface area contributed by atoms with Gasteiger partial charge in [-0.25, -0.2) is 0 Å². The van der Waals surface area contributed by atoms with E-state index < -0.39 is 17.6 Å². The Kier molecular flexibility index (Phi) is 6.54. The molecule has 0 spiro atoms. The summed E-state index contributed by atoms with van der Waals surface area (Å²) in [7, 11) is 0. The molecule has 0 aromatic heterocycles. The smallest absolute Gasteiger partial charge is 0.324 e. The van der Waals surface area contributed by atoms with Gasteiger partial charge in [-0.2, -0.15) is 13.2 Å². The van der Waals surface area contributed by atoms with Crippen LogP contribution >= 0.6 is 23.4 Å². The molecule has 4 rings (SSSR count). The van der Waals surface area contributed by atoms with Gasteiger partial charge in [-0.3, -0.25) is 19.3 Å². The van der Waals surface area contributed by atoms with Crippen LogP contribution in [0.1, 0.15) is 18.4 Å². The second-order valence-corrected chi connectivity index (χ2v) is 9.15. The van der Waals surface area contributed by atoms with Gasteiger partial charge >= 0.3 is 6.18 Å². The molecule has 172 valence electrons. The highest BCUT2D eigenvalue weighted by atomic mass is 35.5. The van der Waals surface area contributed by atoms with Crippen LogP contribution in [-0.4, -0.2) is 23.5 Å². The number of hydrogen-bond donors (Lipinski definition) is 1. The maximum atomic E-state index is 12.9. The van der Waals surface area contributed by atoms with E-state index in [2.05, 4.69) is 5.32 Å². The van der Waals surface area contributed by atoms with Crippen molar-refractivity contribution in [2.45, 2.75) is 23.9 Å². The fraction of sp³-hybridized carbons (Fsp3) is 0.261. The normalized spacial score (nSPS) is 20.2. The van der Waals surface area contributed by atoms with Crippen molar-refractivity contribution < 1.29 is 27.6 Å². The highest BCUT2D eigenvalue weighted by Gasteiger charge is 2.47. The molecular formula is C23H18ClF3N2O3S. The number of amides is 3. The first-order valence-electron chi connectivity index (χ1n) is 10.1. The number of allylic oxidation sites excluding steroid dienone is 2. The molecule has 2 aliphatic rings. The number of halogens is 4. The largest absolute Gasteiger partial charge is 0.416 e. The van der Waals surface area contributed by atoms with Crippen molar-refractivity contribution in [2.75, 3.05) is 16.0 Å². The minimum Gasteiger partial charge on any atom is -0.324 e. The third kappa shape index (κ3) is 4.94. The molecular weight excluding hydrogens is 477 g/mol. The van der Waals surface area contributed by atoms with E-state index in [-0.39, 0.29) is 40.1 Å². The van der Waals surface area contributed by atoms with Crippen LogP contribution in [0.5, 0.6) is 0 Å². The van der Waals surface area contributed by atoms with Crippen LogP contribution in [0, 0.1) is 11.8 Å². The van der Waals surface area contributed by atoms with Crippen molar-refractivity contribution in [3.63, 3.8) is 0 Å². The molecule has 2 atom stereocenters. The zero-order valence-corrected chi connectivity index (χ0v) is 18.6. The van der Waals surface area contributed by atoms with Crippen LogP contribution in [-0.2, 0) is 20.6 Å². The molecule has 1 aliphatic carbocycles. The van der Waals surface area contributed by atoms with Crippen molar-refractivity contribution in [1.29, 1.82) is 0 Å². The van der Waals surface area contributed by atoms with Crippen LogP contribution in [0.2, 0.25) is 5.02 Å². The lowest BCUT2D eigenvalue weighted by Crippen LogP contribution is -2.30. The number of alkyl halides is 3. The number of nitrogens with zero attached hydrogens (tertiary/aromatic N) is 1. The van der Waals surface area contributed by atoms with Crippen molar-refractivity contribution in [3.05, 3.63) is 65.2 Å². The summed E-state index contributed by atoms with van der Waals surface area (Å²) in [6, 6.07) is 9.37. The highest BCUT2D eigenvalue weighted by Crippen LogP contribution is 2.38. The van der Waals surface area contributed by atoms with Gasteiger partial charge in [0.05, 0.1) is 39.5 Å². The monoisotopic (exact) mass is 494 g/mol. The highest BCUT2D eigenvalue weighted by molar-refractivity contribution is 8.00. The summed E-state index contributed by atoms with van der Waals surface area (Å²) in [5, 5.41) is 2.40. The molecule has 0 saturated carbocycles. The second kappa shape index (κ2) is 9.23. The standard InChI is InChI=1S/C23H18ClF3N2O3S/c24-18-10-5-13(23(25,26)27)11-19(18)28-20(30)12-33-15-8-6-14(7-9-15)29-21(31)16-3-1-2-4-17(16)22(29)32/h1-2,5-11,16-17H,3-4,12H2,(H,28,30)/t16-,17-/m1/s1. The number of hydrogen-bond acceptors (Lipinski definition) is 4. The lowest BCUT2D eigenvalue weighted by Gasteiger charge is -2.15. The first-order chi connectivity index (χ1) is 15.6. The lowest BCUT2D eigenvalue weighted by atomic mass is 9.85. The molecule has 1 N–H and O–H groups in total. The quantitative estimate of drug-likeness (QED) is 0.336. The molecule has 3 amide bonds. The maximum absolute atomic E-state index is 12.9. The predicted molar refractivity (Wildman–Crippen MR) is 120 cm³/mol. The van der Waals surface area contributed by atoms with E-state index in [9.17, 15) is 27.6 Å². The average Bonchev–Trinajstić information content (AvgIpc) is 3.04. The first-order valence-corrected chi connectivity index (χ1v) is 11.4. The number of benzene rings is 2. The molecule has 0 radical (unpaired) electrons. The van der Waals surface area contributed by atoms with E-state index in [1.165, 1.54) is 4.90 Å². The summed E-state index contributed by atoms with van der Waals surface area (Å²) in [5.74, 6) is -1.62. The summed E-state index contributed by atoms with van der Waals surface area (Å²) < 4.78 is 38.6. The van der Waals surface area contributed by atoms with Crippen LogP contribution in [0.4, 0.5) is 24.5 Å². The lowest BCUT2D eigenvalue weighted by molar-refractivity contribution is -0.137. The number of rotatable bonds is 5. The molecule has 1 saturated heterocycles. The van der Waals surface area contributed by atoms with E-state index >= 15 is 0 Å². The van der Waals surface area contributed by atoms with Gasteiger partial charge in [0, 0.05) is 4.90 Å². The fourth-order valence-electron chi connectivity index (χ4n) is 3.88. The van der Waals surface area contributed by atoms with Gasteiger partial charge in [0.15, 0.2) is 0 Å². The summed E-state index contributed by atoms with van der Waals surface area (Å²) in [6.45, 7) is 0. The number of thioether (sulfide) groups is 1. The number of nitrogens with one attached hydrogen (secondary N) is 1. The SMILES string of the molecule is O=C(CSc1ccc(N2C(=O)[C@@H]3CC=CC[C@H]3C2=O)cc1)Nc1cc(C(F)(F)F)ccc1Cl. The van der Waals surface area contributed by atoms with E-state index in [4.69, 9.17) is 11.6 Å². The molecule has 2 aromatic rings. The Morgan fingerprint density at radius 2 is 1.64 bits per heavy atom. The van der Waals surface area contributed by atoms with Gasteiger partial charge < -0.3 is 5.32 Å². The number of carbonyl (C=O) groups is 3. The summed E-state index contributed by atoms with van der Waals surface area (Å²) in [4.78, 5) is 39.5. The Morgan fingerprint density at radius 3 is 2.21 bits per heavy atom. The van der Waals surface area contributed by atoms with Crippen molar-refractivity contribution in [3.8, 4) is 0 Å². The molecule has 2 aromatic carbocycles. The Balaban J connectivity index is 1.37. The van der Waals surface area contributed by atoms with Crippen LogP contribution < -0.4 is 10.2 Å². The van der Waals surface area contributed by atoms with Gasteiger partial charge in [0.1, 0.15) is 0 Å². The molecule has 5 nitrogen and oxygen atoms in total. The molecule has 1 fully saturated rings. The molecule has 0 bridgehead atoms. The third-order valence-electron chi connectivity index (χ3n) is 5.54. The van der Waals surface area contributed by atoms with Gasteiger partial charge in [0.25, 0.3) is 0 Å². The van der Waals surface area contributed by atoms with E-state index in [0.717, 1.165) is 30.0 Å². The zero-order chi connectivity index (χ0) is 23.8. The van der Waals surface area contributed by atoms with E-state index in [1.807, 2.05) is 12.2 Å². The van der Waals surface area contributed by atoms with Gasteiger partial charge in [-0.05, 0) is 55.3 Å². The number of imide groups is 1. The Bertz CT molecular complexity index is 1110. The predicted octanol–water partition coefficient (Wildman–Crippen LogP) is 5.55. The maximum Gasteiger partial charge on any atom is 0.416 e. The number of anilines is 2. The molecule has 0 unspecified atom stereocenters. The Hall–Kier alpha value is -2.78. The molecule has 1 aliphatic heterocycles. The molecule has 10 heteroatoms. The van der Waals surface area contributed by atoms with Crippen LogP contribution in [0.25, 0.3) is 0 Å².